The molecule has 1 saturated heterocycles. The van der Waals surface area contributed by atoms with Gasteiger partial charge in [0.25, 0.3) is 0 Å². The molecular formula is C16H22Cl2N2. The summed E-state index contributed by atoms with van der Waals surface area (Å²) in [6.45, 7) is 7.61. The summed E-state index contributed by atoms with van der Waals surface area (Å²) in [6.07, 6.45) is 4.57. The van der Waals surface area contributed by atoms with Gasteiger partial charge in [0, 0.05) is 25.7 Å². The molecule has 0 atom stereocenters. The number of anilines is 1. The molecule has 0 bridgehead atoms. The van der Waals surface area contributed by atoms with Crippen molar-refractivity contribution in [3.8, 4) is 0 Å². The summed E-state index contributed by atoms with van der Waals surface area (Å²) in [5, 5.41) is 4.75. The molecule has 20 heavy (non-hydrogen) atoms. The van der Waals surface area contributed by atoms with Gasteiger partial charge in [-0.05, 0) is 38.8 Å². The highest BCUT2D eigenvalue weighted by Gasteiger charge is 2.19. The van der Waals surface area contributed by atoms with Crippen LogP contribution in [0.1, 0.15) is 26.7 Å². The maximum absolute atomic E-state index is 6.21. The third kappa shape index (κ3) is 4.41. The third-order valence-corrected chi connectivity index (χ3v) is 4.48. The number of halogens is 2. The molecule has 0 radical (unpaired) electrons. The maximum Gasteiger partial charge on any atom is 0.0823 e. The van der Waals surface area contributed by atoms with Crippen molar-refractivity contribution >= 4 is 28.9 Å². The Kier molecular flexibility index (Phi) is 5.76. The lowest BCUT2D eigenvalue weighted by atomic mass is 10.0. The topological polar surface area (TPSA) is 15.3 Å². The van der Waals surface area contributed by atoms with Gasteiger partial charge < -0.3 is 5.32 Å². The molecule has 0 aliphatic carbocycles. The summed E-state index contributed by atoms with van der Waals surface area (Å²) in [5.41, 5.74) is 2.33. The Bertz CT molecular complexity index is 473. The SMILES string of the molecule is CC(C)=CCN1CCC(Nc2cccc(Cl)c2Cl)CC1. The molecule has 2 nitrogen and oxygen atoms in total. The molecule has 4 heteroatoms. The molecular weight excluding hydrogens is 291 g/mol. The summed E-state index contributed by atoms with van der Waals surface area (Å²) in [4.78, 5) is 2.49. The van der Waals surface area contributed by atoms with Crippen molar-refractivity contribution in [2.24, 2.45) is 0 Å². The normalized spacial score (nSPS) is 17.0. The van der Waals surface area contributed by atoms with Crippen LogP contribution in [0.4, 0.5) is 5.69 Å². The Morgan fingerprint density at radius 2 is 2.00 bits per heavy atom. The number of benzene rings is 1. The van der Waals surface area contributed by atoms with Crippen LogP contribution in [-0.2, 0) is 0 Å². The summed E-state index contributed by atoms with van der Waals surface area (Å²) >= 11 is 12.3. The van der Waals surface area contributed by atoms with Crippen LogP contribution in [0.15, 0.2) is 29.8 Å². The predicted molar refractivity (Wildman–Crippen MR) is 89.0 cm³/mol. The van der Waals surface area contributed by atoms with Gasteiger partial charge in [-0.25, -0.2) is 0 Å². The van der Waals surface area contributed by atoms with Crippen molar-refractivity contribution in [2.75, 3.05) is 25.0 Å². The van der Waals surface area contributed by atoms with Gasteiger partial charge in [-0.3, -0.25) is 4.90 Å². The van der Waals surface area contributed by atoms with Crippen LogP contribution < -0.4 is 5.32 Å². The second kappa shape index (κ2) is 7.35. The maximum atomic E-state index is 6.21. The second-order valence-electron chi connectivity index (χ2n) is 5.60. The summed E-state index contributed by atoms with van der Waals surface area (Å²) in [5.74, 6) is 0. The van der Waals surface area contributed by atoms with Gasteiger partial charge in [0.2, 0.25) is 0 Å². The predicted octanol–water partition coefficient (Wildman–Crippen LogP) is 4.84. The van der Waals surface area contributed by atoms with Gasteiger partial charge in [-0.15, -0.1) is 0 Å². The van der Waals surface area contributed by atoms with Crippen molar-refractivity contribution in [3.05, 3.63) is 39.9 Å². The Labute approximate surface area is 131 Å². The number of rotatable bonds is 4. The Morgan fingerprint density at radius 3 is 2.65 bits per heavy atom. The zero-order chi connectivity index (χ0) is 14.5. The van der Waals surface area contributed by atoms with Crippen molar-refractivity contribution in [1.82, 2.24) is 4.90 Å². The van der Waals surface area contributed by atoms with Crippen LogP contribution in [0.3, 0.4) is 0 Å². The largest absolute Gasteiger partial charge is 0.381 e. The monoisotopic (exact) mass is 312 g/mol. The first kappa shape index (κ1) is 15.7. The van der Waals surface area contributed by atoms with Gasteiger partial charge in [0.15, 0.2) is 0 Å². The fraction of sp³-hybridized carbons (Fsp3) is 0.500. The summed E-state index contributed by atoms with van der Waals surface area (Å²) in [7, 11) is 0. The molecule has 0 unspecified atom stereocenters. The van der Waals surface area contributed by atoms with E-state index in [0.717, 1.165) is 38.2 Å². The van der Waals surface area contributed by atoms with E-state index in [1.807, 2.05) is 18.2 Å². The van der Waals surface area contributed by atoms with Crippen molar-refractivity contribution in [1.29, 1.82) is 0 Å². The fourth-order valence-corrected chi connectivity index (χ4v) is 2.76. The number of hydrogen-bond acceptors (Lipinski definition) is 2. The minimum absolute atomic E-state index is 0.480. The van der Waals surface area contributed by atoms with E-state index in [1.165, 1.54) is 5.57 Å². The van der Waals surface area contributed by atoms with E-state index in [1.54, 1.807) is 0 Å². The second-order valence-corrected chi connectivity index (χ2v) is 6.39. The Morgan fingerprint density at radius 1 is 1.30 bits per heavy atom. The van der Waals surface area contributed by atoms with E-state index < -0.39 is 0 Å². The lowest BCUT2D eigenvalue weighted by Crippen LogP contribution is -2.39. The minimum atomic E-state index is 0.480. The fourth-order valence-electron chi connectivity index (χ4n) is 2.41. The van der Waals surface area contributed by atoms with Crippen LogP contribution in [0.5, 0.6) is 0 Å². The molecule has 2 rings (SSSR count). The molecule has 0 amide bonds. The molecule has 1 aromatic carbocycles. The molecule has 1 aliphatic rings. The van der Waals surface area contributed by atoms with Crippen molar-refractivity contribution in [3.63, 3.8) is 0 Å². The molecule has 0 saturated carbocycles. The quantitative estimate of drug-likeness (QED) is 0.801. The molecule has 0 aromatic heterocycles. The third-order valence-electron chi connectivity index (χ3n) is 3.66. The van der Waals surface area contributed by atoms with E-state index in [-0.39, 0.29) is 0 Å². The molecule has 0 spiro atoms. The highest BCUT2D eigenvalue weighted by molar-refractivity contribution is 6.43. The van der Waals surface area contributed by atoms with Crippen molar-refractivity contribution < 1.29 is 0 Å². The van der Waals surface area contributed by atoms with E-state index >= 15 is 0 Å². The average Bonchev–Trinajstić information content (AvgIpc) is 2.43. The minimum Gasteiger partial charge on any atom is -0.381 e. The number of nitrogens with zero attached hydrogens (tertiary/aromatic N) is 1. The zero-order valence-corrected chi connectivity index (χ0v) is 13.6. The lowest BCUT2D eigenvalue weighted by molar-refractivity contribution is 0.240. The number of nitrogens with one attached hydrogen (secondary N) is 1. The van der Waals surface area contributed by atoms with E-state index in [4.69, 9.17) is 23.2 Å². The molecule has 1 heterocycles. The standard InChI is InChI=1S/C16H22Cl2N2/c1-12(2)6-9-20-10-7-13(8-11-20)19-15-5-3-4-14(17)16(15)18/h3-6,13,19H,7-11H2,1-2H3. The number of hydrogen-bond donors (Lipinski definition) is 1. The summed E-state index contributed by atoms with van der Waals surface area (Å²) < 4.78 is 0. The zero-order valence-electron chi connectivity index (χ0n) is 12.1. The van der Waals surface area contributed by atoms with Crippen LogP contribution in [0.25, 0.3) is 0 Å². The molecule has 1 aliphatic heterocycles. The van der Waals surface area contributed by atoms with E-state index in [2.05, 4.69) is 30.1 Å². The van der Waals surface area contributed by atoms with Crippen LogP contribution >= 0.6 is 23.2 Å². The van der Waals surface area contributed by atoms with E-state index in [9.17, 15) is 0 Å². The molecule has 1 aromatic rings. The Hall–Kier alpha value is -0.700. The molecule has 1 N–H and O–H groups in total. The highest BCUT2D eigenvalue weighted by atomic mass is 35.5. The van der Waals surface area contributed by atoms with Crippen LogP contribution in [-0.4, -0.2) is 30.6 Å². The summed E-state index contributed by atoms with van der Waals surface area (Å²) in [6, 6.07) is 6.22. The van der Waals surface area contributed by atoms with Gasteiger partial charge in [0.05, 0.1) is 15.7 Å². The first-order valence-corrected chi connectivity index (χ1v) is 7.88. The average molecular weight is 313 g/mol. The lowest BCUT2D eigenvalue weighted by Gasteiger charge is -2.32. The number of allylic oxidation sites excluding steroid dienone is 1. The van der Waals surface area contributed by atoms with Gasteiger partial charge >= 0.3 is 0 Å². The first-order valence-electron chi connectivity index (χ1n) is 7.12. The smallest absolute Gasteiger partial charge is 0.0823 e. The highest BCUT2D eigenvalue weighted by Crippen LogP contribution is 2.31. The van der Waals surface area contributed by atoms with E-state index in [0.29, 0.717) is 16.1 Å². The van der Waals surface area contributed by atoms with Gasteiger partial charge in [-0.1, -0.05) is 40.9 Å². The number of likely N-dealkylation sites (tertiary alicyclic amines) is 1. The molecule has 110 valence electrons. The first-order chi connectivity index (χ1) is 9.56. The van der Waals surface area contributed by atoms with Crippen LogP contribution in [0.2, 0.25) is 10.0 Å². The van der Waals surface area contributed by atoms with Gasteiger partial charge in [-0.2, -0.15) is 0 Å². The Balaban J connectivity index is 1.85. The molecule has 1 fully saturated rings. The van der Waals surface area contributed by atoms with Crippen molar-refractivity contribution in [2.45, 2.75) is 32.7 Å². The number of piperidine rings is 1. The van der Waals surface area contributed by atoms with Crippen LogP contribution in [0, 0.1) is 0 Å². The van der Waals surface area contributed by atoms with Gasteiger partial charge in [0.1, 0.15) is 0 Å².